The number of hydrogen-bond donors (Lipinski definition) is 3. The molecule has 1 aliphatic rings. The van der Waals surface area contributed by atoms with Gasteiger partial charge in [-0.05, 0) is 51.4 Å². The Labute approximate surface area is 177 Å². The minimum atomic E-state index is -1.29. The number of nitrogens with zero attached hydrogens (tertiary/aromatic N) is 1. The number of aliphatic hydroxyl groups is 2. The summed E-state index contributed by atoms with van der Waals surface area (Å²) < 4.78 is 0. The highest BCUT2D eigenvalue weighted by molar-refractivity contribution is 6.05. The molecule has 29 heavy (non-hydrogen) atoms. The first kappa shape index (κ1) is 25.9. The average molecular weight is 413 g/mol. The van der Waals surface area contributed by atoms with Crippen LogP contribution in [-0.4, -0.2) is 50.2 Å². The van der Waals surface area contributed by atoms with Crippen LogP contribution < -0.4 is 5.73 Å². The molecule has 0 saturated heterocycles. The van der Waals surface area contributed by atoms with Crippen molar-refractivity contribution in [2.24, 2.45) is 22.0 Å². The summed E-state index contributed by atoms with van der Waals surface area (Å²) in [5.74, 6) is -0.983. The summed E-state index contributed by atoms with van der Waals surface area (Å²) in [6.07, 6.45) is 2.33. The first-order chi connectivity index (χ1) is 12.7. The molecule has 1 fully saturated rings. The largest absolute Gasteiger partial charge is 0.388 e. The van der Waals surface area contributed by atoms with Crippen molar-refractivity contribution in [2.75, 3.05) is 0 Å². The van der Waals surface area contributed by atoms with Gasteiger partial charge >= 0.3 is 0 Å². The molecule has 0 aromatic carbocycles. The van der Waals surface area contributed by atoms with Crippen molar-refractivity contribution >= 4 is 11.8 Å². The van der Waals surface area contributed by atoms with E-state index in [1.54, 1.807) is 32.6 Å². The van der Waals surface area contributed by atoms with E-state index in [2.05, 4.69) is 0 Å². The summed E-state index contributed by atoms with van der Waals surface area (Å²) in [5, 5.41) is 22.4. The molecule has 0 radical (unpaired) electrons. The predicted octanol–water partition coefficient (Wildman–Crippen LogP) is 3.23. The van der Waals surface area contributed by atoms with Crippen LogP contribution in [0.15, 0.2) is 0 Å². The lowest BCUT2D eigenvalue weighted by molar-refractivity contribution is -0.183. The minimum Gasteiger partial charge on any atom is -0.388 e. The summed E-state index contributed by atoms with van der Waals surface area (Å²) in [6, 6.07) is -1.29. The molecular formula is C23H44N2O4. The van der Waals surface area contributed by atoms with E-state index in [0.29, 0.717) is 12.8 Å². The normalized spacial score (nSPS) is 20.3. The topological polar surface area (TPSA) is 104 Å². The van der Waals surface area contributed by atoms with Crippen LogP contribution in [0.5, 0.6) is 0 Å². The predicted molar refractivity (Wildman–Crippen MR) is 116 cm³/mol. The van der Waals surface area contributed by atoms with Gasteiger partial charge in [-0.25, -0.2) is 0 Å². The number of nitrogens with two attached hydrogens (primary N) is 1. The number of hydrogen-bond acceptors (Lipinski definition) is 4. The highest BCUT2D eigenvalue weighted by atomic mass is 16.3. The van der Waals surface area contributed by atoms with Crippen LogP contribution in [0.3, 0.4) is 0 Å². The zero-order valence-electron chi connectivity index (χ0n) is 20.2. The van der Waals surface area contributed by atoms with E-state index in [0.717, 1.165) is 12.8 Å². The zero-order valence-corrected chi connectivity index (χ0v) is 20.2. The van der Waals surface area contributed by atoms with Gasteiger partial charge in [0.2, 0.25) is 11.8 Å². The lowest BCUT2D eigenvalue weighted by Gasteiger charge is -2.57. The Morgan fingerprint density at radius 1 is 0.793 bits per heavy atom. The second-order valence-electron chi connectivity index (χ2n) is 12.2. The van der Waals surface area contributed by atoms with Crippen molar-refractivity contribution in [1.82, 2.24) is 4.90 Å². The molecule has 1 rings (SSSR count). The molecule has 2 atom stereocenters. The van der Waals surface area contributed by atoms with Crippen molar-refractivity contribution < 1.29 is 19.8 Å². The zero-order chi connectivity index (χ0) is 23.2. The standard InChI is InChI=1S/C23H44N2O4/c1-19(2,3)15(21(7,8)28)25(16(20(4,5)6)22(9,10)29)18(27)23(17(24)26)13-11-12-14-23/h15-16,28-29H,11-14H2,1-10H3,(H2,24,26)/t15-,16-/m1/s1. The summed E-state index contributed by atoms with van der Waals surface area (Å²) in [6.45, 7) is 18.5. The van der Waals surface area contributed by atoms with Gasteiger partial charge in [-0.2, -0.15) is 0 Å². The first-order valence-corrected chi connectivity index (χ1v) is 10.7. The summed E-state index contributed by atoms with van der Waals surface area (Å²) in [7, 11) is 0. The van der Waals surface area contributed by atoms with Gasteiger partial charge in [-0.3, -0.25) is 9.59 Å². The molecule has 0 aliphatic heterocycles. The molecule has 0 heterocycles. The van der Waals surface area contributed by atoms with Crippen LogP contribution in [0.4, 0.5) is 0 Å². The molecule has 1 aliphatic carbocycles. The van der Waals surface area contributed by atoms with Crippen LogP contribution in [0, 0.1) is 16.2 Å². The van der Waals surface area contributed by atoms with Crippen molar-refractivity contribution in [1.29, 1.82) is 0 Å². The third-order valence-electron chi connectivity index (χ3n) is 6.11. The molecule has 6 nitrogen and oxygen atoms in total. The van der Waals surface area contributed by atoms with Crippen molar-refractivity contribution in [3.05, 3.63) is 0 Å². The van der Waals surface area contributed by atoms with E-state index in [1.165, 1.54) is 0 Å². The van der Waals surface area contributed by atoms with Crippen LogP contribution in [0.25, 0.3) is 0 Å². The molecule has 4 N–H and O–H groups in total. The van der Waals surface area contributed by atoms with Crippen molar-refractivity contribution in [2.45, 2.75) is 118 Å². The number of rotatable bonds is 6. The Kier molecular flexibility index (Phi) is 7.00. The Morgan fingerprint density at radius 3 is 1.31 bits per heavy atom. The number of primary amides is 1. The van der Waals surface area contributed by atoms with E-state index in [1.807, 2.05) is 41.5 Å². The summed E-state index contributed by atoms with van der Waals surface area (Å²) >= 11 is 0. The van der Waals surface area contributed by atoms with Crippen LogP contribution in [-0.2, 0) is 9.59 Å². The van der Waals surface area contributed by atoms with Gasteiger partial charge < -0.3 is 20.8 Å². The molecule has 0 aromatic rings. The fraction of sp³-hybridized carbons (Fsp3) is 0.913. The van der Waals surface area contributed by atoms with Gasteiger partial charge in [0.25, 0.3) is 0 Å². The fourth-order valence-corrected chi connectivity index (χ4v) is 5.81. The minimum absolute atomic E-state index is 0.369. The smallest absolute Gasteiger partial charge is 0.238 e. The third-order valence-corrected chi connectivity index (χ3v) is 6.11. The van der Waals surface area contributed by atoms with Gasteiger partial charge in [0, 0.05) is 0 Å². The molecule has 1 saturated carbocycles. The third kappa shape index (κ3) is 5.32. The maximum Gasteiger partial charge on any atom is 0.238 e. The van der Waals surface area contributed by atoms with Crippen LogP contribution >= 0.6 is 0 Å². The Bertz CT molecular complexity index is 549. The second-order valence-corrected chi connectivity index (χ2v) is 12.2. The molecule has 2 amide bonds. The number of carbonyl (C=O) groups excluding carboxylic acids is 2. The second kappa shape index (κ2) is 7.84. The Balaban J connectivity index is 3.87. The van der Waals surface area contributed by atoms with E-state index in [-0.39, 0.29) is 5.91 Å². The highest BCUT2D eigenvalue weighted by Gasteiger charge is 2.58. The molecule has 0 spiro atoms. The fourth-order valence-electron chi connectivity index (χ4n) is 5.81. The maximum absolute atomic E-state index is 14.2. The van der Waals surface area contributed by atoms with Crippen LogP contribution in [0.2, 0.25) is 0 Å². The van der Waals surface area contributed by atoms with E-state index < -0.39 is 45.4 Å². The van der Waals surface area contributed by atoms with Crippen LogP contribution in [0.1, 0.15) is 94.9 Å². The van der Waals surface area contributed by atoms with Gasteiger partial charge in [0.15, 0.2) is 0 Å². The molecule has 0 unspecified atom stereocenters. The first-order valence-electron chi connectivity index (χ1n) is 10.7. The molecular weight excluding hydrogens is 368 g/mol. The van der Waals surface area contributed by atoms with E-state index >= 15 is 0 Å². The Morgan fingerprint density at radius 2 is 1.10 bits per heavy atom. The Hall–Kier alpha value is -1.14. The van der Waals surface area contributed by atoms with E-state index in [4.69, 9.17) is 5.73 Å². The molecule has 170 valence electrons. The van der Waals surface area contributed by atoms with Crippen molar-refractivity contribution in [3.63, 3.8) is 0 Å². The van der Waals surface area contributed by atoms with Gasteiger partial charge in [-0.15, -0.1) is 0 Å². The lowest BCUT2D eigenvalue weighted by atomic mass is 9.69. The van der Waals surface area contributed by atoms with E-state index in [9.17, 15) is 19.8 Å². The monoisotopic (exact) mass is 412 g/mol. The van der Waals surface area contributed by atoms with Crippen molar-refractivity contribution in [3.8, 4) is 0 Å². The average Bonchev–Trinajstić information content (AvgIpc) is 2.90. The lowest BCUT2D eigenvalue weighted by Crippen LogP contribution is -2.70. The highest BCUT2D eigenvalue weighted by Crippen LogP contribution is 2.47. The quantitative estimate of drug-likeness (QED) is 0.583. The number of carbonyl (C=O) groups is 2. The summed E-state index contributed by atoms with van der Waals surface area (Å²) in [5.41, 5.74) is 0.953. The number of amides is 2. The summed E-state index contributed by atoms with van der Waals surface area (Å²) in [4.78, 5) is 28.4. The SMILES string of the molecule is CC(C)(C)[C@@H](N(C(=O)C1(C(N)=O)CCCC1)[C@H](C(C)(C)C)C(C)(C)O)C(C)(C)O. The molecule has 0 aromatic heterocycles. The van der Waals surface area contributed by atoms with Gasteiger partial charge in [0.1, 0.15) is 5.41 Å². The molecule has 6 heteroatoms. The van der Waals surface area contributed by atoms with Gasteiger partial charge in [0.05, 0.1) is 23.3 Å². The molecule has 0 bridgehead atoms. The maximum atomic E-state index is 14.2. The van der Waals surface area contributed by atoms with Gasteiger partial charge in [-0.1, -0.05) is 54.4 Å².